The first kappa shape index (κ1) is 11.5. The lowest BCUT2D eigenvalue weighted by Crippen LogP contribution is -2.45. The van der Waals surface area contributed by atoms with Gasteiger partial charge in [0.2, 0.25) is 0 Å². The van der Waals surface area contributed by atoms with Crippen LogP contribution in [0, 0.1) is 0 Å². The largest absolute Gasteiger partial charge is 0.478 e. The van der Waals surface area contributed by atoms with E-state index >= 15 is 0 Å². The van der Waals surface area contributed by atoms with E-state index in [0.717, 1.165) is 0 Å². The van der Waals surface area contributed by atoms with E-state index in [1.165, 1.54) is 18.1 Å². The Morgan fingerprint density at radius 3 is 2.73 bits per heavy atom. The maximum atomic E-state index is 10.8. The lowest BCUT2D eigenvalue weighted by atomic mass is 10.0. The van der Waals surface area contributed by atoms with Gasteiger partial charge in [-0.3, -0.25) is 4.90 Å². The number of ether oxygens (including phenoxy) is 1. The van der Waals surface area contributed by atoms with Crippen molar-refractivity contribution in [1.82, 2.24) is 4.90 Å². The Morgan fingerprint density at radius 2 is 2.27 bits per heavy atom. The van der Waals surface area contributed by atoms with Crippen LogP contribution in [0.4, 0.5) is 4.79 Å². The fourth-order valence-electron chi connectivity index (χ4n) is 1.56. The first-order valence-electron chi connectivity index (χ1n) is 4.47. The Balaban J connectivity index is 2.77. The molecule has 0 aromatic rings. The van der Waals surface area contributed by atoms with Gasteiger partial charge in [0.05, 0.1) is 12.6 Å². The van der Waals surface area contributed by atoms with E-state index in [-0.39, 0.29) is 25.1 Å². The molecule has 2 N–H and O–H groups in total. The fraction of sp³-hybridized carbons (Fsp3) is 0.556. The Kier molecular flexibility index (Phi) is 3.68. The highest BCUT2D eigenvalue weighted by atomic mass is 16.5. The molecule has 0 aliphatic carbocycles. The highest BCUT2D eigenvalue weighted by molar-refractivity contribution is 5.87. The predicted molar refractivity (Wildman–Crippen MR) is 50.7 cm³/mol. The Morgan fingerprint density at radius 1 is 1.60 bits per heavy atom. The van der Waals surface area contributed by atoms with Gasteiger partial charge in [0.15, 0.2) is 0 Å². The summed E-state index contributed by atoms with van der Waals surface area (Å²) < 4.78 is 4.86. The molecule has 1 aliphatic rings. The van der Waals surface area contributed by atoms with Crippen molar-refractivity contribution in [3.05, 3.63) is 11.6 Å². The van der Waals surface area contributed by atoms with Crippen LogP contribution >= 0.6 is 0 Å². The Labute approximate surface area is 86.7 Å². The third-order valence-electron chi connectivity index (χ3n) is 2.31. The number of amides is 1. The molecule has 6 heteroatoms. The molecule has 1 heterocycles. The number of carboxylic acid groups (broad SMARTS) is 2. The van der Waals surface area contributed by atoms with Gasteiger partial charge in [-0.05, 0) is 0 Å². The molecule has 1 amide bonds. The zero-order chi connectivity index (χ0) is 11.4. The van der Waals surface area contributed by atoms with E-state index < -0.39 is 18.1 Å². The monoisotopic (exact) mass is 215 g/mol. The first-order chi connectivity index (χ1) is 7.06. The minimum atomic E-state index is -1.06. The number of hydrogen-bond donors (Lipinski definition) is 2. The Hall–Kier alpha value is -1.56. The smallest absolute Gasteiger partial charge is 0.407 e. The van der Waals surface area contributed by atoms with E-state index in [0.29, 0.717) is 0 Å². The lowest BCUT2D eigenvalue weighted by molar-refractivity contribution is -0.133. The molecular weight excluding hydrogens is 202 g/mol. The molecule has 1 aliphatic heterocycles. The summed E-state index contributed by atoms with van der Waals surface area (Å²) in [5.41, 5.74) is 0.245. The van der Waals surface area contributed by atoms with E-state index in [1.807, 2.05) is 0 Å². The lowest BCUT2D eigenvalue weighted by Gasteiger charge is -2.31. The van der Waals surface area contributed by atoms with Crippen LogP contribution in [0.15, 0.2) is 11.6 Å². The summed E-state index contributed by atoms with van der Waals surface area (Å²) in [5, 5.41) is 17.6. The first-order valence-corrected chi connectivity index (χ1v) is 4.47. The predicted octanol–water partition coefficient (Wildman–Crippen LogP) is 0.396. The molecule has 1 atom stereocenters. The van der Waals surface area contributed by atoms with Gasteiger partial charge < -0.3 is 14.9 Å². The second-order valence-corrected chi connectivity index (χ2v) is 3.28. The molecule has 0 saturated heterocycles. The second-order valence-electron chi connectivity index (χ2n) is 3.28. The molecule has 1 rings (SSSR count). The number of carbonyl (C=O) groups is 2. The number of rotatable bonds is 3. The van der Waals surface area contributed by atoms with Crippen molar-refractivity contribution >= 4 is 12.1 Å². The zero-order valence-electron chi connectivity index (χ0n) is 8.34. The number of carboxylic acids is 1. The van der Waals surface area contributed by atoms with Crippen LogP contribution in [0.3, 0.4) is 0 Å². The van der Waals surface area contributed by atoms with Crippen molar-refractivity contribution < 1.29 is 24.5 Å². The van der Waals surface area contributed by atoms with Gasteiger partial charge >= 0.3 is 12.1 Å². The van der Waals surface area contributed by atoms with Gasteiger partial charge in [0.1, 0.15) is 0 Å². The summed E-state index contributed by atoms with van der Waals surface area (Å²) in [6, 6.07) is -0.413. The molecule has 0 saturated carbocycles. The molecule has 0 unspecified atom stereocenters. The van der Waals surface area contributed by atoms with Crippen molar-refractivity contribution in [3.8, 4) is 0 Å². The normalized spacial score (nSPS) is 21.0. The molecule has 84 valence electrons. The molecular formula is C9H13NO5. The molecule has 6 nitrogen and oxygen atoms in total. The van der Waals surface area contributed by atoms with Crippen LogP contribution in [0.2, 0.25) is 0 Å². The number of methoxy groups -OCH3 is 1. The van der Waals surface area contributed by atoms with E-state index in [4.69, 9.17) is 14.9 Å². The third-order valence-corrected chi connectivity index (χ3v) is 2.31. The van der Waals surface area contributed by atoms with Crippen molar-refractivity contribution in [2.24, 2.45) is 0 Å². The van der Waals surface area contributed by atoms with Crippen molar-refractivity contribution in [2.75, 3.05) is 20.3 Å². The van der Waals surface area contributed by atoms with Crippen LogP contribution in [0.1, 0.15) is 6.42 Å². The molecule has 0 radical (unpaired) electrons. The topological polar surface area (TPSA) is 87.1 Å². The number of hydrogen-bond acceptors (Lipinski definition) is 3. The van der Waals surface area contributed by atoms with Gasteiger partial charge in [-0.2, -0.15) is 0 Å². The minimum Gasteiger partial charge on any atom is -0.478 e. The van der Waals surface area contributed by atoms with Gasteiger partial charge in [0.25, 0.3) is 0 Å². The molecule has 0 spiro atoms. The summed E-state index contributed by atoms with van der Waals surface area (Å²) in [4.78, 5) is 22.7. The van der Waals surface area contributed by atoms with Crippen LogP contribution in [0.25, 0.3) is 0 Å². The second kappa shape index (κ2) is 4.79. The van der Waals surface area contributed by atoms with Crippen LogP contribution in [-0.4, -0.2) is 53.5 Å². The van der Waals surface area contributed by atoms with E-state index in [9.17, 15) is 9.59 Å². The molecule has 0 bridgehead atoms. The zero-order valence-corrected chi connectivity index (χ0v) is 8.34. The molecule has 0 aromatic carbocycles. The molecule has 0 fully saturated rings. The summed E-state index contributed by atoms with van der Waals surface area (Å²) >= 11 is 0. The Bertz CT molecular complexity index is 299. The van der Waals surface area contributed by atoms with Crippen LogP contribution in [0.5, 0.6) is 0 Å². The summed E-state index contributed by atoms with van der Waals surface area (Å²) in [5.74, 6) is -0.999. The van der Waals surface area contributed by atoms with Crippen molar-refractivity contribution in [3.63, 3.8) is 0 Å². The maximum absolute atomic E-state index is 10.8. The SMILES string of the molecule is COC[C@@H]1CC(C(=O)O)=CCN1C(=O)O. The van der Waals surface area contributed by atoms with E-state index in [2.05, 4.69) is 0 Å². The quantitative estimate of drug-likeness (QED) is 0.711. The maximum Gasteiger partial charge on any atom is 0.407 e. The highest BCUT2D eigenvalue weighted by Crippen LogP contribution is 2.18. The van der Waals surface area contributed by atoms with Crippen LogP contribution < -0.4 is 0 Å². The third kappa shape index (κ3) is 2.69. The van der Waals surface area contributed by atoms with Gasteiger partial charge in [-0.1, -0.05) is 6.08 Å². The minimum absolute atomic E-state index is 0.102. The average molecular weight is 215 g/mol. The van der Waals surface area contributed by atoms with Gasteiger partial charge in [0, 0.05) is 25.6 Å². The fourth-order valence-corrected chi connectivity index (χ4v) is 1.56. The van der Waals surface area contributed by atoms with Crippen molar-refractivity contribution in [2.45, 2.75) is 12.5 Å². The van der Waals surface area contributed by atoms with Gasteiger partial charge in [-0.25, -0.2) is 9.59 Å². The summed E-state index contributed by atoms with van der Waals surface area (Å²) in [6.45, 7) is 0.307. The highest BCUT2D eigenvalue weighted by Gasteiger charge is 2.29. The van der Waals surface area contributed by atoms with Crippen LogP contribution in [-0.2, 0) is 9.53 Å². The summed E-state index contributed by atoms with van der Waals surface area (Å²) in [7, 11) is 1.46. The number of nitrogens with zero attached hydrogens (tertiary/aromatic N) is 1. The van der Waals surface area contributed by atoms with Gasteiger partial charge in [-0.15, -0.1) is 0 Å². The summed E-state index contributed by atoms with van der Waals surface area (Å²) in [6.07, 6.45) is 0.552. The van der Waals surface area contributed by atoms with E-state index in [1.54, 1.807) is 0 Å². The van der Waals surface area contributed by atoms with Crippen molar-refractivity contribution in [1.29, 1.82) is 0 Å². The average Bonchev–Trinajstić information content (AvgIpc) is 2.17. The molecule has 15 heavy (non-hydrogen) atoms. The molecule has 0 aromatic heterocycles. The number of aliphatic carboxylic acids is 1. The standard InChI is InChI=1S/C9H13NO5/c1-15-5-7-4-6(8(11)12)2-3-10(7)9(13)14/h2,7H,3-5H2,1H3,(H,11,12)(H,13,14)/t7-/m0/s1.